The third-order valence-electron chi connectivity index (χ3n) is 7.23. The van der Waals surface area contributed by atoms with Gasteiger partial charge in [0.05, 0.1) is 18.0 Å². The van der Waals surface area contributed by atoms with Gasteiger partial charge in [0.2, 0.25) is 11.9 Å². The van der Waals surface area contributed by atoms with Crippen LogP contribution in [0.5, 0.6) is 0 Å². The van der Waals surface area contributed by atoms with E-state index in [0.717, 1.165) is 24.1 Å². The summed E-state index contributed by atoms with van der Waals surface area (Å²) in [4.78, 5) is 20.4. The number of hydrogen-bond donors (Lipinski definition) is 3. The summed E-state index contributed by atoms with van der Waals surface area (Å²) in [6, 6.07) is 7.58. The number of rotatable bonds is 3. The number of hydrogen-bond acceptors (Lipinski definition) is 6. The molecule has 2 aliphatic carbocycles. The molecule has 1 aliphatic heterocycles. The molecule has 6 bridgehead atoms. The van der Waals surface area contributed by atoms with Gasteiger partial charge in [0.1, 0.15) is 0 Å². The summed E-state index contributed by atoms with van der Waals surface area (Å²) in [5.74, 6) is 1.76. The van der Waals surface area contributed by atoms with Gasteiger partial charge in [-0.1, -0.05) is 18.7 Å². The van der Waals surface area contributed by atoms with E-state index < -0.39 is 11.9 Å². The van der Waals surface area contributed by atoms with Crippen molar-refractivity contribution in [2.45, 2.75) is 30.6 Å². The number of carbonyl (C=O) groups excluding carboxylic acids is 1. The molecule has 6 atom stereocenters. The SMILES string of the molecule is C=CC(=O)NCC1C2CC3SCC(O)c4cccc(c4)Nc4ncc(F)c(n4)CC1C3C2. The van der Waals surface area contributed by atoms with Crippen LogP contribution in [0.1, 0.15) is 30.2 Å². The zero-order valence-corrected chi connectivity index (χ0v) is 18.5. The average Bonchev–Trinajstić information content (AvgIpc) is 3.36. The average molecular weight is 455 g/mol. The molecule has 1 amide bonds. The number of benzene rings is 1. The zero-order chi connectivity index (χ0) is 22.2. The van der Waals surface area contributed by atoms with E-state index in [4.69, 9.17) is 0 Å². The molecule has 3 N–H and O–H groups in total. The fourth-order valence-electron chi connectivity index (χ4n) is 5.73. The van der Waals surface area contributed by atoms with E-state index in [-0.39, 0.29) is 17.7 Å². The fourth-order valence-corrected chi connectivity index (χ4v) is 7.30. The minimum Gasteiger partial charge on any atom is -0.388 e. The number of aliphatic hydroxyl groups excluding tert-OH is 1. The maximum absolute atomic E-state index is 14.7. The number of fused-ring (bicyclic) bond motifs is 5. The van der Waals surface area contributed by atoms with E-state index in [0.29, 0.717) is 47.4 Å². The molecule has 2 saturated carbocycles. The minimum atomic E-state index is -0.561. The molecule has 1 aromatic carbocycles. The van der Waals surface area contributed by atoms with Crippen LogP contribution in [-0.2, 0) is 11.2 Å². The van der Waals surface area contributed by atoms with Crippen molar-refractivity contribution in [3.05, 3.63) is 60.2 Å². The second-order valence-electron chi connectivity index (χ2n) is 9.00. The highest BCUT2D eigenvalue weighted by atomic mass is 32.2. The topological polar surface area (TPSA) is 87.1 Å². The number of amides is 1. The van der Waals surface area contributed by atoms with Gasteiger partial charge in [-0.05, 0) is 66.7 Å². The van der Waals surface area contributed by atoms with E-state index in [2.05, 4.69) is 27.2 Å². The Morgan fingerprint density at radius 2 is 2.25 bits per heavy atom. The van der Waals surface area contributed by atoms with Crippen molar-refractivity contribution in [2.75, 3.05) is 17.6 Å². The molecule has 0 radical (unpaired) electrons. The molecule has 3 aliphatic rings. The molecule has 2 aromatic rings. The second-order valence-corrected chi connectivity index (χ2v) is 10.3. The first-order valence-corrected chi connectivity index (χ1v) is 12.1. The fraction of sp³-hybridized carbons (Fsp3) is 0.458. The van der Waals surface area contributed by atoms with Crippen LogP contribution >= 0.6 is 11.8 Å². The van der Waals surface area contributed by atoms with Crippen LogP contribution < -0.4 is 10.6 Å². The lowest BCUT2D eigenvalue weighted by molar-refractivity contribution is -0.116. The Bertz CT molecular complexity index is 1030. The van der Waals surface area contributed by atoms with E-state index >= 15 is 0 Å². The number of carbonyl (C=O) groups is 1. The zero-order valence-electron chi connectivity index (χ0n) is 17.7. The Morgan fingerprint density at radius 3 is 3.09 bits per heavy atom. The molecular formula is C24H27FN4O2S. The Balaban J connectivity index is 1.48. The molecule has 8 heteroatoms. The summed E-state index contributed by atoms with van der Waals surface area (Å²) in [5.41, 5.74) is 2.01. The lowest BCUT2D eigenvalue weighted by Crippen LogP contribution is -2.39. The van der Waals surface area contributed by atoms with Gasteiger partial charge in [-0.25, -0.2) is 14.4 Å². The monoisotopic (exact) mass is 454 g/mol. The molecule has 32 heavy (non-hydrogen) atoms. The third-order valence-corrected chi connectivity index (χ3v) is 8.71. The predicted molar refractivity (Wildman–Crippen MR) is 123 cm³/mol. The maximum atomic E-state index is 14.7. The molecule has 6 nitrogen and oxygen atoms in total. The molecule has 1 aromatic heterocycles. The summed E-state index contributed by atoms with van der Waals surface area (Å²) in [5, 5.41) is 17.3. The molecule has 2 heterocycles. The lowest BCUT2D eigenvalue weighted by atomic mass is 9.76. The quantitative estimate of drug-likeness (QED) is 0.614. The van der Waals surface area contributed by atoms with Crippen LogP contribution in [0.2, 0.25) is 0 Å². The molecule has 0 saturated heterocycles. The molecule has 6 unspecified atom stereocenters. The van der Waals surface area contributed by atoms with E-state index in [1.165, 1.54) is 12.3 Å². The highest BCUT2D eigenvalue weighted by Gasteiger charge is 2.52. The summed E-state index contributed by atoms with van der Waals surface area (Å²) in [6.45, 7) is 4.10. The van der Waals surface area contributed by atoms with Crippen LogP contribution in [-0.4, -0.2) is 38.5 Å². The molecule has 168 valence electrons. The van der Waals surface area contributed by atoms with Crippen LogP contribution in [0.3, 0.4) is 0 Å². The van der Waals surface area contributed by atoms with E-state index in [1.54, 1.807) is 0 Å². The maximum Gasteiger partial charge on any atom is 0.243 e. The molecule has 5 rings (SSSR count). The van der Waals surface area contributed by atoms with Crippen molar-refractivity contribution in [1.82, 2.24) is 15.3 Å². The number of halogens is 1. The second kappa shape index (κ2) is 8.83. The number of nitrogens with zero attached hydrogens (tertiary/aromatic N) is 2. The van der Waals surface area contributed by atoms with Crippen LogP contribution in [0.4, 0.5) is 16.0 Å². The summed E-state index contributed by atoms with van der Waals surface area (Å²) in [6.07, 6.45) is 4.60. The first-order chi connectivity index (χ1) is 15.5. The van der Waals surface area contributed by atoms with Crippen LogP contribution in [0.25, 0.3) is 0 Å². The van der Waals surface area contributed by atoms with Gasteiger partial charge in [0.25, 0.3) is 0 Å². The molecule has 0 spiro atoms. The summed E-state index contributed by atoms with van der Waals surface area (Å²) >= 11 is 1.82. The van der Waals surface area contributed by atoms with Gasteiger partial charge >= 0.3 is 0 Å². The normalized spacial score (nSPS) is 30.8. The van der Waals surface area contributed by atoms with Crippen molar-refractivity contribution < 1.29 is 14.3 Å². The largest absolute Gasteiger partial charge is 0.388 e. The Kier molecular flexibility index (Phi) is 5.90. The molecular weight excluding hydrogens is 427 g/mol. The number of nitrogens with one attached hydrogen (secondary N) is 2. The van der Waals surface area contributed by atoms with E-state index in [9.17, 15) is 14.3 Å². The van der Waals surface area contributed by atoms with Crippen molar-refractivity contribution in [3.8, 4) is 0 Å². The minimum absolute atomic E-state index is 0.177. The number of anilines is 2. The Morgan fingerprint density at radius 1 is 1.38 bits per heavy atom. The van der Waals surface area contributed by atoms with Crippen molar-refractivity contribution >= 4 is 29.3 Å². The van der Waals surface area contributed by atoms with Gasteiger partial charge < -0.3 is 15.7 Å². The van der Waals surface area contributed by atoms with Crippen molar-refractivity contribution in [3.63, 3.8) is 0 Å². The smallest absolute Gasteiger partial charge is 0.243 e. The number of aromatic nitrogens is 2. The van der Waals surface area contributed by atoms with Crippen LogP contribution in [0.15, 0.2) is 43.1 Å². The number of aliphatic hydroxyl groups is 1. The first kappa shape index (κ1) is 21.4. The van der Waals surface area contributed by atoms with Gasteiger partial charge in [-0.2, -0.15) is 11.8 Å². The van der Waals surface area contributed by atoms with Gasteiger partial charge in [-0.3, -0.25) is 4.79 Å². The van der Waals surface area contributed by atoms with Gasteiger partial charge in [0.15, 0.2) is 5.82 Å². The first-order valence-electron chi connectivity index (χ1n) is 11.1. The van der Waals surface area contributed by atoms with Gasteiger partial charge in [0, 0.05) is 23.2 Å². The summed E-state index contributed by atoms with van der Waals surface area (Å²) in [7, 11) is 0. The highest BCUT2D eigenvalue weighted by Crippen LogP contribution is 2.57. The van der Waals surface area contributed by atoms with Crippen LogP contribution in [0, 0.1) is 29.5 Å². The third kappa shape index (κ3) is 4.13. The van der Waals surface area contributed by atoms with E-state index in [1.807, 2.05) is 36.0 Å². The predicted octanol–water partition coefficient (Wildman–Crippen LogP) is 3.63. The molecule has 2 fully saturated rings. The Labute approximate surface area is 191 Å². The van der Waals surface area contributed by atoms with Crippen molar-refractivity contribution in [2.24, 2.45) is 23.7 Å². The van der Waals surface area contributed by atoms with Crippen molar-refractivity contribution in [1.29, 1.82) is 0 Å². The number of thioether (sulfide) groups is 1. The van der Waals surface area contributed by atoms with Gasteiger partial charge in [-0.15, -0.1) is 0 Å². The summed E-state index contributed by atoms with van der Waals surface area (Å²) < 4.78 is 14.7. The lowest BCUT2D eigenvalue weighted by Gasteiger charge is -2.36. The standard InChI is InChI=1S/C24H27FN4O2S/c1-2-23(31)26-10-18-14-7-17-16(18)9-20-19(25)11-27-24(29-20)28-15-5-3-4-13(6-15)21(30)12-32-22(17)8-14/h2-6,11,14,16-18,21-22,30H,1,7-10,12H2,(H,26,31)(H,27,28,29). The highest BCUT2D eigenvalue weighted by molar-refractivity contribution is 7.99. The Hall–Kier alpha value is -2.45.